The van der Waals surface area contributed by atoms with Crippen molar-refractivity contribution >= 4 is 17.5 Å². The van der Waals surface area contributed by atoms with Crippen molar-refractivity contribution in [3.63, 3.8) is 0 Å². The smallest absolute Gasteiger partial charge is 0.254 e. The number of carbonyl (C=O) groups is 2. The fraction of sp³-hybridized carbons (Fsp3) is 0.459. The zero-order valence-electron chi connectivity index (χ0n) is 26.9. The van der Waals surface area contributed by atoms with E-state index in [1.165, 1.54) is 0 Å². The van der Waals surface area contributed by atoms with E-state index in [2.05, 4.69) is 50.9 Å². The van der Waals surface area contributed by atoms with Gasteiger partial charge in [0.05, 0.1) is 6.10 Å². The Bertz CT molecular complexity index is 1380. The molecule has 1 aliphatic heterocycles. The van der Waals surface area contributed by atoms with Crippen molar-refractivity contribution in [3.05, 3.63) is 83.4 Å². The van der Waals surface area contributed by atoms with Crippen molar-refractivity contribution in [2.45, 2.75) is 73.0 Å². The average molecular weight is 584 g/mol. The molecule has 3 aromatic carbocycles. The first-order valence-corrected chi connectivity index (χ1v) is 15.9. The fourth-order valence-corrected chi connectivity index (χ4v) is 5.79. The minimum atomic E-state index is 0.0317. The second-order valence-corrected chi connectivity index (χ2v) is 12.4. The number of benzene rings is 3. The van der Waals surface area contributed by atoms with Crippen molar-refractivity contribution in [3.8, 4) is 16.9 Å². The van der Waals surface area contributed by atoms with Gasteiger partial charge in [0.2, 0.25) is 5.91 Å². The summed E-state index contributed by atoms with van der Waals surface area (Å²) in [5.74, 6) is 1.30. The Balaban J connectivity index is 1.71. The second-order valence-electron chi connectivity index (χ2n) is 12.4. The van der Waals surface area contributed by atoms with Crippen LogP contribution in [0, 0.1) is 5.92 Å². The molecule has 0 fully saturated rings. The van der Waals surface area contributed by atoms with Gasteiger partial charge in [0.1, 0.15) is 5.75 Å². The highest BCUT2D eigenvalue weighted by Crippen LogP contribution is 2.33. The third kappa shape index (κ3) is 8.47. The number of nitrogens with zero attached hydrogens (tertiary/aromatic N) is 3. The van der Waals surface area contributed by atoms with Gasteiger partial charge >= 0.3 is 0 Å². The van der Waals surface area contributed by atoms with E-state index in [-0.39, 0.29) is 23.8 Å². The quantitative estimate of drug-likeness (QED) is 0.276. The molecule has 0 saturated carbocycles. The summed E-state index contributed by atoms with van der Waals surface area (Å²) in [7, 11) is 2.10. The van der Waals surface area contributed by atoms with Crippen molar-refractivity contribution in [1.82, 2.24) is 9.80 Å². The lowest BCUT2D eigenvalue weighted by Gasteiger charge is -2.29. The number of likely N-dealkylation sites (N-methyl/N-ethyl adjacent to an activating group) is 1. The SMILES string of the molecule is CCCc1cc(-c2ccccc2OC(C)C)ccc1C(=O)N1CCN(C)CCCN(C(=O)CC(C)C)c2ccccc2C1. The van der Waals surface area contributed by atoms with Gasteiger partial charge in [-0.25, -0.2) is 0 Å². The molecule has 6 heteroatoms. The molecule has 0 aromatic heterocycles. The zero-order valence-corrected chi connectivity index (χ0v) is 26.9. The molecule has 1 heterocycles. The molecule has 0 N–H and O–H groups in total. The summed E-state index contributed by atoms with van der Waals surface area (Å²) in [6.07, 6.45) is 3.20. The number of hydrogen-bond donors (Lipinski definition) is 0. The summed E-state index contributed by atoms with van der Waals surface area (Å²) in [6.45, 7) is 13.8. The summed E-state index contributed by atoms with van der Waals surface area (Å²) in [5.41, 5.74) is 5.81. The highest BCUT2D eigenvalue weighted by molar-refractivity contribution is 5.97. The molecule has 2 amide bonds. The molecule has 0 aliphatic carbocycles. The third-order valence-electron chi connectivity index (χ3n) is 7.90. The molecule has 0 bridgehead atoms. The van der Waals surface area contributed by atoms with E-state index in [4.69, 9.17) is 4.74 Å². The van der Waals surface area contributed by atoms with Crippen molar-refractivity contribution in [2.24, 2.45) is 5.92 Å². The van der Waals surface area contributed by atoms with Gasteiger partial charge in [0.15, 0.2) is 0 Å². The van der Waals surface area contributed by atoms with Gasteiger partial charge in [-0.2, -0.15) is 0 Å². The van der Waals surface area contributed by atoms with Crippen LogP contribution in [0.5, 0.6) is 5.75 Å². The Morgan fingerprint density at radius 2 is 1.63 bits per heavy atom. The molecule has 0 radical (unpaired) electrons. The van der Waals surface area contributed by atoms with Crippen LogP contribution < -0.4 is 9.64 Å². The summed E-state index contributed by atoms with van der Waals surface area (Å²) in [6, 6.07) is 22.4. The number of rotatable bonds is 8. The van der Waals surface area contributed by atoms with E-state index in [9.17, 15) is 9.59 Å². The fourth-order valence-electron chi connectivity index (χ4n) is 5.79. The van der Waals surface area contributed by atoms with E-state index in [0.29, 0.717) is 26.1 Å². The third-order valence-corrected chi connectivity index (χ3v) is 7.90. The summed E-state index contributed by atoms with van der Waals surface area (Å²) < 4.78 is 6.11. The van der Waals surface area contributed by atoms with Gasteiger partial charge in [-0.15, -0.1) is 0 Å². The van der Waals surface area contributed by atoms with E-state index in [1.54, 1.807) is 0 Å². The standard InChI is InChI=1S/C37H49N3O3/c1-7-13-29-25-30(32-15-9-11-17-35(32)43-28(4)5)18-19-33(29)37(42)39-23-22-38(6)20-12-21-40(36(41)24-27(2)3)34-16-10-8-14-31(34)26-39/h8-11,14-19,25,27-28H,7,12-13,20-24,26H2,1-6H3. The monoisotopic (exact) mass is 583 g/mol. The van der Waals surface area contributed by atoms with Crippen molar-refractivity contribution < 1.29 is 14.3 Å². The lowest BCUT2D eigenvalue weighted by atomic mass is 9.95. The molecule has 3 aromatic rings. The van der Waals surface area contributed by atoms with Gasteiger partial charge < -0.3 is 19.4 Å². The Kier molecular flexibility index (Phi) is 11.4. The molecule has 4 rings (SSSR count). The summed E-state index contributed by atoms with van der Waals surface area (Å²) in [5, 5.41) is 0. The first kappa shape index (κ1) is 32.3. The molecule has 1 aliphatic rings. The maximum absolute atomic E-state index is 14.4. The molecule has 6 nitrogen and oxygen atoms in total. The molecule has 0 spiro atoms. The average Bonchev–Trinajstić information content (AvgIpc) is 3.00. The van der Waals surface area contributed by atoms with Crippen LogP contribution in [0.1, 0.15) is 75.4 Å². The number of para-hydroxylation sites is 2. The normalized spacial score (nSPS) is 14.9. The number of amides is 2. The predicted molar refractivity (Wildman–Crippen MR) is 177 cm³/mol. The molecule has 0 saturated heterocycles. The maximum atomic E-state index is 14.4. The Hall–Kier alpha value is -3.64. The Labute approximate surface area is 258 Å². The van der Waals surface area contributed by atoms with Crippen LogP contribution in [0.15, 0.2) is 66.7 Å². The van der Waals surface area contributed by atoms with Gasteiger partial charge in [-0.1, -0.05) is 75.7 Å². The number of aryl methyl sites for hydroxylation is 1. The van der Waals surface area contributed by atoms with Crippen LogP contribution in [0.25, 0.3) is 11.1 Å². The number of anilines is 1. The number of hydrogen-bond acceptors (Lipinski definition) is 4. The predicted octanol–water partition coefficient (Wildman–Crippen LogP) is 7.45. The minimum Gasteiger partial charge on any atom is -0.490 e. The summed E-state index contributed by atoms with van der Waals surface area (Å²) in [4.78, 5) is 34.0. The van der Waals surface area contributed by atoms with E-state index < -0.39 is 0 Å². The first-order chi connectivity index (χ1) is 20.7. The van der Waals surface area contributed by atoms with Gasteiger partial charge in [0, 0.05) is 49.4 Å². The minimum absolute atomic E-state index is 0.0317. The molecular weight excluding hydrogens is 534 g/mol. The van der Waals surface area contributed by atoms with Crippen LogP contribution in [-0.4, -0.2) is 60.9 Å². The molecule has 0 unspecified atom stereocenters. The number of ether oxygens (including phenoxy) is 1. The molecule has 43 heavy (non-hydrogen) atoms. The van der Waals surface area contributed by atoms with Gasteiger partial charge in [0.25, 0.3) is 5.91 Å². The second kappa shape index (κ2) is 15.2. The van der Waals surface area contributed by atoms with E-state index in [1.807, 2.05) is 72.2 Å². The highest BCUT2D eigenvalue weighted by atomic mass is 16.5. The highest BCUT2D eigenvalue weighted by Gasteiger charge is 2.25. The molecule has 0 atom stereocenters. The van der Waals surface area contributed by atoms with Crippen LogP contribution in [0.4, 0.5) is 5.69 Å². The van der Waals surface area contributed by atoms with Crippen LogP contribution in [-0.2, 0) is 17.8 Å². The number of carbonyl (C=O) groups excluding carboxylic acids is 2. The Morgan fingerprint density at radius 1 is 0.884 bits per heavy atom. The largest absolute Gasteiger partial charge is 0.490 e. The van der Waals surface area contributed by atoms with E-state index >= 15 is 0 Å². The lowest BCUT2D eigenvalue weighted by molar-refractivity contribution is -0.119. The maximum Gasteiger partial charge on any atom is 0.254 e. The van der Waals surface area contributed by atoms with Crippen LogP contribution >= 0.6 is 0 Å². The molecular formula is C37H49N3O3. The van der Waals surface area contributed by atoms with Gasteiger partial charge in [-0.05, 0) is 81.1 Å². The first-order valence-electron chi connectivity index (χ1n) is 15.9. The van der Waals surface area contributed by atoms with Crippen LogP contribution in [0.2, 0.25) is 0 Å². The zero-order chi connectivity index (χ0) is 30.9. The van der Waals surface area contributed by atoms with Crippen LogP contribution in [0.3, 0.4) is 0 Å². The van der Waals surface area contributed by atoms with Crippen molar-refractivity contribution in [1.29, 1.82) is 0 Å². The summed E-state index contributed by atoms with van der Waals surface area (Å²) >= 11 is 0. The Morgan fingerprint density at radius 3 is 2.37 bits per heavy atom. The number of fused-ring (bicyclic) bond motifs is 1. The van der Waals surface area contributed by atoms with Gasteiger partial charge in [-0.3, -0.25) is 9.59 Å². The van der Waals surface area contributed by atoms with E-state index in [0.717, 1.165) is 71.6 Å². The topological polar surface area (TPSA) is 53.1 Å². The lowest BCUT2D eigenvalue weighted by Crippen LogP contribution is -2.37. The molecule has 230 valence electrons. The van der Waals surface area contributed by atoms with Crippen molar-refractivity contribution in [2.75, 3.05) is 38.1 Å².